The highest BCUT2D eigenvalue weighted by molar-refractivity contribution is 6.17. The van der Waals surface area contributed by atoms with Gasteiger partial charge in [0.05, 0.1) is 5.56 Å². The smallest absolute Gasteiger partial charge is 0.256 e. The molecule has 28 heavy (non-hydrogen) atoms. The van der Waals surface area contributed by atoms with Gasteiger partial charge in [0, 0.05) is 22.9 Å². The van der Waals surface area contributed by atoms with Gasteiger partial charge in [0.1, 0.15) is 0 Å². The van der Waals surface area contributed by atoms with Crippen molar-refractivity contribution in [3.05, 3.63) is 88.5 Å². The first-order valence-electron chi connectivity index (χ1n) is 8.95. The topological polar surface area (TPSA) is 64.6 Å². The number of ketones is 1. The van der Waals surface area contributed by atoms with Gasteiger partial charge in [-0.15, -0.1) is 0 Å². The van der Waals surface area contributed by atoms with Crippen LogP contribution in [0.1, 0.15) is 37.4 Å². The Hall–Kier alpha value is -3.60. The Morgan fingerprint density at radius 2 is 1.57 bits per heavy atom. The van der Waals surface area contributed by atoms with E-state index in [1.54, 1.807) is 48.5 Å². The minimum atomic E-state index is -0.355. The number of ether oxygens (including phenoxy) is 2. The Balaban J connectivity index is 1.62. The van der Waals surface area contributed by atoms with Gasteiger partial charge >= 0.3 is 0 Å². The molecule has 1 aliphatic heterocycles. The summed E-state index contributed by atoms with van der Waals surface area (Å²) >= 11 is 0. The van der Waals surface area contributed by atoms with Gasteiger partial charge in [0.25, 0.3) is 5.91 Å². The SMILES string of the molecule is Cc1ccc(C(=O)c2ccccc2C(=O)Nc2ccc3c(c2)OCO3)cc1C. The van der Waals surface area contributed by atoms with Crippen LogP contribution in [0, 0.1) is 13.8 Å². The molecule has 1 aliphatic rings. The molecule has 0 saturated carbocycles. The standard InChI is InChI=1S/C23H19NO4/c1-14-7-8-16(11-15(14)2)22(25)18-5-3-4-6-19(18)23(26)24-17-9-10-20-21(12-17)28-13-27-20/h3-12H,13H2,1-2H3,(H,24,26). The Kier molecular flexibility index (Phi) is 4.57. The van der Waals surface area contributed by atoms with Crippen LogP contribution >= 0.6 is 0 Å². The predicted octanol–water partition coefficient (Wildman–Crippen LogP) is 4.52. The van der Waals surface area contributed by atoms with Crippen LogP contribution in [0.3, 0.4) is 0 Å². The van der Waals surface area contributed by atoms with Crippen LogP contribution in [0.15, 0.2) is 60.7 Å². The van der Waals surface area contributed by atoms with E-state index in [2.05, 4.69) is 5.32 Å². The predicted molar refractivity (Wildman–Crippen MR) is 106 cm³/mol. The van der Waals surface area contributed by atoms with Crippen molar-refractivity contribution in [2.24, 2.45) is 0 Å². The first kappa shape index (κ1) is 17.8. The van der Waals surface area contributed by atoms with Crippen molar-refractivity contribution >= 4 is 17.4 Å². The largest absolute Gasteiger partial charge is 0.454 e. The molecule has 0 fully saturated rings. The molecule has 1 N–H and O–H groups in total. The maximum atomic E-state index is 13.0. The van der Waals surface area contributed by atoms with Crippen LogP contribution in [0.2, 0.25) is 0 Å². The summed E-state index contributed by atoms with van der Waals surface area (Å²) in [6.45, 7) is 4.13. The third kappa shape index (κ3) is 3.34. The highest BCUT2D eigenvalue weighted by atomic mass is 16.7. The molecule has 0 aromatic heterocycles. The Morgan fingerprint density at radius 3 is 2.36 bits per heavy atom. The maximum Gasteiger partial charge on any atom is 0.256 e. The molecule has 4 rings (SSSR count). The highest BCUT2D eigenvalue weighted by Crippen LogP contribution is 2.34. The number of rotatable bonds is 4. The lowest BCUT2D eigenvalue weighted by Gasteiger charge is -2.11. The molecule has 3 aromatic carbocycles. The van der Waals surface area contributed by atoms with Crippen LogP contribution in [0.25, 0.3) is 0 Å². The zero-order chi connectivity index (χ0) is 19.7. The first-order chi connectivity index (χ1) is 13.5. The van der Waals surface area contributed by atoms with Crippen molar-refractivity contribution in [2.75, 3.05) is 12.1 Å². The quantitative estimate of drug-likeness (QED) is 0.683. The highest BCUT2D eigenvalue weighted by Gasteiger charge is 2.20. The molecule has 0 bridgehead atoms. The number of nitrogens with one attached hydrogen (secondary N) is 1. The van der Waals surface area contributed by atoms with Gasteiger partial charge in [-0.05, 0) is 49.2 Å². The molecule has 0 aliphatic carbocycles. The summed E-state index contributed by atoms with van der Waals surface area (Å²) in [6.07, 6.45) is 0. The molecule has 0 unspecified atom stereocenters. The van der Waals surface area contributed by atoms with Gasteiger partial charge in [-0.3, -0.25) is 9.59 Å². The average Bonchev–Trinajstić information content (AvgIpc) is 3.17. The maximum absolute atomic E-state index is 13.0. The lowest BCUT2D eigenvalue weighted by molar-refractivity contribution is 0.0996. The van der Waals surface area contributed by atoms with E-state index in [0.29, 0.717) is 33.9 Å². The summed E-state index contributed by atoms with van der Waals surface area (Å²) in [7, 11) is 0. The molecular weight excluding hydrogens is 354 g/mol. The summed E-state index contributed by atoms with van der Waals surface area (Å²) in [5.74, 6) is 0.687. The van der Waals surface area contributed by atoms with Crippen LogP contribution in [-0.4, -0.2) is 18.5 Å². The summed E-state index contributed by atoms with van der Waals surface area (Å²) in [5, 5.41) is 2.83. The van der Waals surface area contributed by atoms with Crippen LogP contribution in [0.4, 0.5) is 5.69 Å². The Bertz CT molecular complexity index is 1090. The lowest BCUT2D eigenvalue weighted by Crippen LogP contribution is -2.17. The fraction of sp³-hybridized carbons (Fsp3) is 0.130. The zero-order valence-corrected chi connectivity index (χ0v) is 15.6. The number of aryl methyl sites for hydroxylation is 2. The molecule has 5 nitrogen and oxygen atoms in total. The van der Waals surface area contributed by atoms with E-state index in [0.717, 1.165) is 11.1 Å². The zero-order valence-electron chi connectivity index (χ0n) is 15.6. The molecule has 0 radical (unpaired) electrons. The first-order valence-corrected chi connectivity index (χ1v) is 8.95. The van der Waals surface area contributed by atoms with Gasteiger partial charge < -0.3 is 14.8 Å². The summed E-state index contributed by atoms with van der Waals surface area (Å²) in [4.78, 5) is 25.9. The number of benzene rings is 3. The molecule has 1 amide bonds. The second-order valence-corrected chi connectivity index (χ2v) is 6.70. The molecule has 0 saturated heterocycles. The number of hydrogen-bond acceptors (Lipinski definition) is 4. The monoisotopic (exact) mass is 373 g/mol. The van der Waals surface area contributed by atoms with E-state index >= 15 is 0 Å². The van der Waals surface area contributed by atoms with Crippen LogP contribution in [-0.2, 0) is 0 Å². The molecule has 5 heteroatoms. The molecular formula is C23H19NO4. The number of fused-ring (bicyclic) bond motifs is 1. The van der Waals surface area contributed by atoms with E-state index in [1.807, 2.05) is 26.0 Å². The van der Waals surface area contributed by atoms with Gasteiger partial charge in [-0.1, -0.05) is 30.3 Å². The second kappa shape index (κ2) is 7.19. The molecule has 1 heterocycles. The summed E-state index contributed by atoms with van der Waals surface area (Å²) < 4.78 is 10.6. The number of carbonyl (C=O) groups excluding carboxylic acids is 2. The van der Waals surface area contributed by atoms with Crippen LogP contribution < -0.4 is 14.8 Å². The number of amides is 1. The van der Waals surface area contributed by atoms with E-state index < -0.39 is 0 Å². The summed E-state index contributed by atoms with van der Waals surface area (Å²) in [6, 6.07) is 17.6. The minimum absolute atomic E-state index is 0.167. The third-order valence-electron chi connectivity index (χ3n) is 4.82. The average molecular weight is 373 g/mol. The Morgan fingerprint density at radius 1 is 0.821 bits per heavy atom. The molecule has 3 aromatic rings. The third-order valence-corrected chi connectivity index (χ3v) is 4.82. The fourth-order valence-corrected chi connectivity index (χ4v) is 3.09. The minimum Gasteiger partial charge on any atom is -0.454 e. The van der Waals surface area contributed by atoms with E-state index in [9.17, 15) is 9.59 Å². The van der Waals surface area contributed by atoms with E-state index in [4.69, 9.17) is 9.47 Å². The van der Waals surface area contributed by atoms with Gasteiger partial charge in [0.15, 0.2) is 17.3 Å². The van der Waals surface area contributed by atoms with E-state index in [-0.39, 0.29) is 18.5 Å². The molecule has 0 spiro atoms. The number of anilines is 1. The number of hydrogen-bond donors (Lipinski definition) is 1. The second-order valence-electron chi connectivity index (χ2n) is 6.70. The number of carbonyl (C=O) groups is 2. The van der Waals surface area contributed by atoms with Crippen molar-refractivity contribution in [1.82, 2.24) is 0 Å². The fourth-order valence-electron chi connectivity index (χ4n) is 3.09. The van der Waals surface area contributed by atoms with Gasteiger partial charge in [0.2, 0.25) is 6.79 Å². The van der Waals surface area contributed by atoms with Crippen molar-refractivity contribution < 1.29 is 19.1 Å². The van der Waals surface area contributed by atoms with Crippen molar-refractivity contribution in [2.45, 2.75) is 13.8 Å². The van der Waals surface area contributed by atoms with Gasteiger partial charge in [-0.2, -0.15) is 0 Å². The van der Waals surface area contributed by atoms with Crippen molar-refractivity contribution in [3.8, 4) is 11.5 Å². The molecule has 0 atom stereocenters. The van der Waals surface area contributed by atoms with Crippen molar-refractivity contribution in [3.63, 3.8) is 0 Å². The lowest BCUT2D eigenvalue weighted by atomic mass is 9.95. The summed E-state index contributed by atoms with van der Waals surface area (Å²) in [5.41, 5.74) is 3.97. The van der Waals surface area contributed by atoms with Crippen LogP contribution in [0.5, 0.6) is 11.5 Å². The normalized spacial score (nSPS) is 11.9. The Labute approximate surface area is 162 Å². The molecule has 140 valence electrons. The van der Waals surface area contributed by atoms with Gasteiger partial charge in [-0.25, -0.2) is 0 Å². The van der Waals surface area contributed by atoms with Crippen molar-refractivity contribution in [1.29, 1.82) is 0 Å². The van der Waals surface area contributed by atoms with E-state index in [1.165, 1.54) is 0 Å².